The fourth-order valence-corrected chi connectivity index (χ4v) is 2.34. The molecule has 0 radical (unpaired) electrons. The molecule has 108 valence electrons. The largest absolute Gasteiger partial charge is 0.481 e. The summed E-state index contributed by atoms with van der Waals surface area (Å²) in [6.07, 6.45) is 1.46. The summed E-state index contributed by atoms with van der Waals surface area (Å²) < 4.78 is 5.68. The van der Waals surface area contributed by atoms with Crippen molar-refractivity contribution in [1.82, 2.24) is 9.80 Å². The molecule has 1 aromatic carbocycles. The van der Waals surface area contributed by atoms with Gasteiger partial charge in [-0.3, -0.25) is 9.69 Å². The van der Waals surface area contributed by atoms with Gasteiger partial charge < -0.3 is 9.64 Å². The molecule has 1 fully saturated rings. The van der Waals surface area contributed by atoms with E-state index in [2.05, 4.69) is 11.5 Å². The lowest BCUT2D eigenvalue weighted by Gasteiger charge is -2.35. The second kappa shape index (κ2) is 7.10. The minimum Gasteiger partial charge on any atom is -0.481 e. The van der Waals surface area contributed by atoms with Crippen LogP contribution in [0.25, 0.3) is 0 Å². The molecule has 4 heteroatoms. The lowest BCUT2D eigenvalue weighted by Crippen LogP contribution is -2.51. The van der Waals surface area contributed by atoms with E-state index in [0.29, 0.717) is 0 Å². The third-order valence-corrected chi connectivity index (χ3v) is 3.48. The zero-order valence-electron chi connectivity index (χ0n) is 12.0. The molecule has 0 aromatic heterocycles. The van der Waals surface area contributed by atoms with Gasteiger partial charge in [0.2, 0.25) is 0 Å². The number of carbonyl (C=O) groups is 1. The Bertz CT molecular complexity index is 439. The molecule has 1 aliphatic rings. The van der Waals surface area contributed by atoms with Gasteiger partial charge in [-0.2, -0.15) is 0 Å². The first-order valence-electron chi connectivity index (χ1n) is 7.04. The number of piperazine rings is 1. The van der Waals surface area contributed by atoms with Crippen molar-refractivity contribution in [2.45, 2.75) is 13.0 Å². The van der Waals surface area contributed by atoms with Gasteiger partial charge >= 0.3 is 0 Å². The third kappa shape index (κ3) is 3.84. The smallest absolute Gasteiger partial charge is 0.263 e. The van der Waals surface area contributed by atoms with Gasteiger partial charge in [0.05, 0.1) is 0 Å². The van der Waals surface area contributed by atoms with E-state index in [0.717, 1.165) is 38.5 Å². The SMILES string of the molecule is C=CCN1CCN(C(=O)[C@@H](C)Oc2ccccc2)CC1. The van der Waals surface area contributed by atoms with E-state index in [-0.39, 0.29) is 5.91 Å². The summed E-state index contributed by atoms with van der Waals surface area (Å²) in [5, 5.41) is 0. The number of ether oxygens (including phenoxy) is 1. The molecule has 0 aliphatic carbocycles. The van der Waals surface area contributed by atoms with Crippen LogP contribution in [0.15, 0.2) is 43.0 Å². The minimum atomic E-state index is -0.441. The van der Waals surface area contributed by atoms with Crippen molar-refractivity contribution in [2.24, 2.45) is 0 Å². The van der Waals surface area contributed by atoms with Crippen LogP contribution in [0, 0.1) is 0 Å². The first kappa shape index (κ1) is 14.6. The molecule has 1 atom stereocenters. The first-order valence-corrected chi connectivity index (χ1v) is 7.04. The fraction of sp³-hybridized carbons (Fsp3) is 0.438. The third-order valence-electron chi connectivity index (χ3n) is 3.48. The Labute approximate surface area is 120 Å². The van der Waals surface area contributed by atoms with E-state index in [9.17, 15) is 4.79 Å². The number of benzene rings is 1. The average Bonchev–Trinajstić information content (AvgIpc) is 2.48. The van der Waals surface area contributed by atoms with Gasteiger partial charge in [0.15, 0.2) is 6.10 Å². The Morgan fingerprint density at radius 2 is 1.95 bits per heavy atom. The van der Waals surface area contributed by atoms with Crippen LogP contribution >= 0.6 is 0 Å². The van der Waals surface area contributed by atoms with E-state index >= 15 is 0 Å². The van der Waals surface area contributed by atoms with Crippen molar-refractivity contribution in [3.63, 3.8) is 0 Å². The summed E-state index contributed by atoms with van der Waals surface area (Å²) in [5.41, 5.74) is 0. The molecule has 1 aromatic rings. The van der Waals surface area contributed by atoms with Crippen LogP contribution in [0.3, 0.4) is 0 Å². The van der Waals surface area contributed by atoms with Crippen molar-refractivity contribution < 1.29 is 9.53 Å². The highest BCUT2D eigenvalue weighted by atomic mass is 16.5. The van der Waals surface area contributed by atoms with E-state index in [1.807, 2.05) is 48.2 Å². The van der Waals surface area contributed by atoms with Gasteiger partial charge in [0.25, 0.3) is 5.91 Å². The molecule has 1 aliphatic heterocycles. The molecule has 1 heterocycles. The van der Waals surface area contributed by atoms with Crippen LogP contribution in [0.1, 0.15) is 6.92 Å². The van der Waals surface area contributed by atoms with Crippen molar-refractivity contribution >= 4 is 5.91 Å². The van der Waals surface area contributed by atoms with E-state index < -0.39 is 6.10 Å². The van der Waals surface area contributed by atoms with Crippen molar-refractivity contribution in [3.8, 4) is 5.75 Å². The van der Waals surface area contributed by atoms with Gasteiger partial charge in [-0.1, -0.05) is 24.3 Å². The number of rotatable bonds is 5. The van der Waals surface area contributed by atoms with E-state index in [4.69, 9.17) is 4.74 Å². The van der Waals surface area contributed by atoms with Gasteiger partial charge in [0.1, 0.15) is 5.75 Å². The number of carbonyl (C=O) groups excluding carboxylic acids is 1. The maximum Gasteiger partial charge on any atom is 0.263 e. The number of hydrogen-bond acceptors (Lipinski definition) is 3. The number of para-hydroxylation sites is 1. The summed E-state index contributed by atoms with van der Waals surface area (Å²) in [6.45, 7) is 9.76. The van der Waals surface area contributed by atoms with E-state index in [1.165, 1.54) is 0 Å². The lowest BCUT2D eigenvalue weighted by molar-refractivity contribution is -0.139. The molecule has 1 amide bonds. The summed E-state index contributed by atoms with van der Waals surface area (Å²) in [7, 11) is 0. The van der Waals surface area contributed by atoms with Crippen LogP contribution in [-0.2, 0) is 4.79 Å². The zero-order chi connectivity index (χ0) is 14.4. The summed E-state index contributed by atoms with van der Waals surface area (Å²) in [4.78, 5) is 16.5. The Morgan fingerprint density at radius 3 is 2.55 bits per heavy atom. The predicted molar refractivity (Wildman–Crippen MR) is 79.7 cm³/mol. The Balaban J connectivity index is 1.84. The van der Waals surface area contributed by atoms with Crippen molar-refractivity contribution in [3.05, 3.63) is 43.0 Å². The standard InChI is InChI=1S/C16H22N2O2/c1-3-9-17-10-12-18(13-11-17)16(19)14(2)20-15-7-5-4-6-8-15/h3-8,14H,1,9-13H2,2H3/t14-/m1/s1. The molecule has 2 rings (SSSR count). The molecule has 0 spiro atoms. The molecular formula is C16H22N2O2. The van der Waals surface area contributed by atoms with Crippen LogP contribution in [0.5, 0.6) is 5.75 Å². The molecule has 0 saturated carbocycles. The number of amides is 1. The van der Waals surface area contributed by atoms with Crippen LogP contribution in [0.4, 0.5) is 0 Å². The predicted octanol–water partition coefficient (Wildman–Crippen LogP) is 1.78. The quantitative estimate of drug-likeness (QED) is 0.767. The van der Waals surface area contributed by atoms with Crippen LogP contribution in [0.2, 0.25) is 0 Å². The van der Waals surface area contributed by atoms with Crippen molar-refractivity contribution in [1.29, 1.82) is 0 Å². The normalized spacial score (nSPS) is 17.6. The summed E-state index contributed by atoms with van der Waals surface area (Å²) in [6, 6.07) is 9.47. The van der Waals surface area contributed by atoms with Gasteiger partial charge in [-0.15, -0.1) is 6.58 Å². The Morgan fingerprint density at radius 1 is 1.30 bits per heavy atom. The second-order valence-corrected chi connectivity index (χ2v) is 4.99. The van der Waals surface area contributed by atoms with Crippen LogP contribution < -0.4 is 4.74 Å². The Hall–Kier alpha value is -1.81. The number of hydrogen-bond donors (Lipinski definition) is 0. The van der Waals surface area contributed by atoms with Gasteiger partial charge in [0, 0.05) is 32.7 Å². The highest BCUT2D eigenvalue weighted by Gasteiger charge is 2.25. The highest BCUT2D eigenvalue weighted by molar-refractivity contribution is 5.81. The van der Waals surface area contributed by atoms with Gasteiger partial charge in [-0.25, -0.2) is 0 Å². The molecule has 20 heavy (non-hydrogen) atoms. The maximum absolute atomic E-state index is 12.3. The molecule has 0 bridgehead atoms. The fourth-order valence-electron chi connectivity index (χ4n) is 2.34. The average molecular weight is 274 g/mol. The zero-order valence-corrected chi connectivity index (χ0v) is 12.0. The molecule has 1 saturated heterocycles. The first-order chi connectivity index (χ1) is 9.70. The minimum absolute atomic E-state index is 0.0621. The van der Waals surface area contributed by atoms with E-state index in [1.54, 1.807) is 0 Å². The van der Waals surface area contributed by atoms with Gasteiger partial charge in [-0.05, 0) is 19.1 Å². The van der Waals surface area contributed by atoms with Crippen molar-refractivity contribution in [2.75, 3.05) is 32.7 Å². The lowest BCUT2D eigenvalue weighted by atomic mass is 10.2. The molecule has 0 N–H and O–H groups in total. The topological polar surface area (TPSA) is 32.8 Å². The molecule has 0 unspecified atom stereocenters. The number of nitrogens with zero attached hydrogens (tertiary/aromatic N) is 2. The Kier molecular flexibility index (Phi) is 5.18. The molecule has 4 nitrogen and oxygen atoms in total. The van der Waals surface area contributed by atoms with Crippen LogP contribution in [-0.4, -0.2) is 54.5 Å². The maximum atomic E-state index is 12.3. The monoisotopic (exact) mass is 274 g/mol. The summed E-state index contributed by atoms with van der Waals surface area (Å²) >= 11 is 0. The highest BCUT2D eigenvalue weighted by Crippen LogP contribution is 2.13. The second-order valence-electron chi connectivity index (χ2n) is 4.99. The molecular weight excluding hydrogens is 252 g/mol. The summed E-state index contributed by atoms with van der Waals surface area (Å²) in [5.74, 6) is 0.797.